The molecule has 1 heterocycles. The molecule has 2 nitrogen and oxygen atoms in total. The summed E-state index contributed by atoms with van der Waals surface area (Å²) in [6.07, 6.45) is 5.10. The molecule has 0 bridgehead atoms. The highest BCUT2D eigenvalue weighted by atomic mass is 35.5. The molecule has 20 heavy (non-hydrogen) atoms. The van der Waals surface area contributed by atoms with E-state index in [-0.39, 0.29) is 5.41 Å². The van der Waals surface area contributed by atoms with Crippen LogP contribution in [0, 0.1) is 5.92 Å². The van der Waals surface area contributed by atoms with Gasteiger partial charge in [-0.25, -0.2) is 4.98 Å². The quantitative estimate of drug-likeness (QED) is 0.726. The van der Waals surface area contributed by atoms with Gasteiger partial charge in [-0.1, -0.05) is 27.7 Å². The third-order valence-corrected chi connectivity index (χ3v) is 4.34. The predicted octanol–water partition coefficient (Wildman–Crippen LogP) is 5.08. The van der Waals surface area contributed by atoms with Crippen LogP contribution in [-0.4, -0.2) is 11.1 Å². The number of ether oxygens (including phenoxy) is 1. The lowest BCUT2D eigenvalue weighted by Gasteiger charge is -2.27. The number of alkyl halides is 1. The summed E-state index contributed by atoms with van der Waals surface area (Å²) in [6.45, 7) is 8.82. The van der Waals surface area contributed by atoms with E-state index < -0.39 is 0 Å². The lowest BCUT2D eigenvalue weighted by atomic mass is 9.89. The molecule has 0 unspecified atom stereocenters. The highest BCUT2D eigenvalue weighted by Crippen LogP contribution is 2.29. The Bertz CT molecular complexity index is 445. The first-order valence-corrected chi connectivity index (χ1v) is 8.16. The smallest absolute Gasteiger partial charge is 0.214 e. The molecule has 0 amide bonds. The first kappa shape index (κ1) is 15.6. The first-order chi connectivity index (χ1) is 9.38. The van der Waals surface area contributed by atoms with Crippen LogP contribution in [-0.2, 0) is 11.3 Å². The molecular weight excluding hydrogens is 270 g/mol. The number of hydrogen-bond donors (Lipinski definition) is 0. The highest BCUT2D eigenvalue weighted by Gasteiger charge is 2.22. The second kappa shape index (κ2) is 6.34. The van der Waals surface area contributed by atoms with Crippen molar-refractivity contribution in [1.29, 1.82) is 0 Å². The summed E-state index contributed by atoms with van der Waals surface area (Å²) in [6, 6.07) is 4.07. The van der Waals surface area contributed by atoms with E-state index >= 15 is 0 Å². The molecule has 0 radical (unpaired) electrons. The zero-order chi connectivity index (χ0) is 14.8. The molecular formula is C17H26ClNO. The zero-order valence-corrected chi connectivity index (χ0v) is 13.8. The van der Waals surface area contributed by atoms with E-state index in [9.17, 15) is 0 Å². The van der Waals surface area contributed by atoms with Crippen LogP contribution in [0.2, 0.25) is 0 Å². The molecule has 1 saturated carbocycles. The van der Waals surface area contributed by atoms with Crippen molar-refractivity contribution in [2.75, 3.05) is 0 Å². The molecule has 1 aliphatic carbocycles. The summed E-state index contributed by atoms with van der Waals surface area (Å²) in [4.78, 5) is 4.68. The highest BCUT2D eigenvalue weighted by molar-refractivity contribution is 6.17. The zero-order valence-electron chi connectivity index (χ0n) is 13.1. The largest absolute Gasteiger partial charge is 0.474 e. The number of halogens is 1. The van der Waals surface area contributed by atoms with Crippen molar-refractivity contribution in [3.05, 3.63) is 23.4 Å². The average molecular weight is 296 g/mol. The molecule has 112 valence electrons. The molecule has 1 aromatic rings. The van der Waals surface area contributed by atoms with Gasteiger partial charge in [0.15, 0.2) is 0 Å². The van der Waals surface area contributed by atoms with Crippen molar-refractivity contribution < 1.29 is 4.74 Å². The minimum absolute atomic E-state index is 0.0151. The Balaban J connectivity index is 2.14. The molecule has 1 aliphatic rings. The van der Waals surface area contributed by atoms with Crippen LogP contribution in [0.5, 0.6) is 5.88 Å². The van der Waals surface area contributed by atoms with Gasteiger partial charge in [0.1, 0.15) is 6.10 Å². The first-order valence-electron chi connectivity index (χ1n) is 7.62. The van der Waals surface area contributed by atoms with Gasteiger partial charge < -0.3 is 4.74 Å². The molecule has 0 N–H and O–H groups in total. The topological polar surface area (TPSA) is 22.1 Å². The van der Waals surface area contributed by atoms with E-state index in [1.54, 1.807) is 0 Å². The van der Waals surface area contributed by atoms with Crippen molar-refractivity contribution in [1.82, 2.24) is 4.98 Å². The lowest BCUT2D eigenvalue weighted by Crippen LogP contribution is -2.24. The summed E-state index contributed by atoms with van der Waals surface area (Å²) < 4.78 is 6.11. The molecule has 0 spiro atoms. The second-order valence-electron chi connectivity index (χ2n) is 7.08. The third kappa shape index (κ3) is 4.12. The predicted molar refractivity (Wildman–Crippen MR) is 84.5 cm³/mol. The molecule has 2 rings (SSSR count). The van der Waals surface area contributed by atoms with Gasteiger partial charge in [0, 0.05) is 17.4 Å². The van der Waals surface area contributed by atoms with E-state index in [1.807, 2.05) is 6.07 Å². The number of hydrogen-bond acceptors (Lipinski definition) is 2. The van der Waals surface area contributed by atoms with Crippen LogP contribution in [0.4, 0.5) is 0 Å². The van der Waals surface area contributed by atoms with E-state index in [0.717, 1.165) is 35.9 Å². The van der Waals surface area contributed by atoms with Gasteiger partial charge in [0.2, 0.25) is 5.88 Å². The Kier molecular flexibility index (Phi) is 4.95. The van der Waals surface area contributed by atoms with Crippen molar-refractivity contribution in [2.24, 2.45) is 5.92 Å². The molecule has 3 heteroatoms. The van der Waals surface area contributed by atoms with E-state index in [2.05, 4.69) is 38.7 Å². The maximum absolute atomic E-state index is 6.11. The third-order valence-electron chi connectivity index (χ3n) is 4.03. The van der Waals surface area contributed by atoms with E-state index in [4.69, 9.17) is 16.3 Å². The van der Waals surface area contributed by atoms with E-state index in [0.29, 0.717) is 12.0 Å². The van der Waals surface area contributed by atoms with Crippen LogP contribution in [0.25, 0.3) is 0 Å². The van der Waals surface area contributed by atoms with E-state index in [1.165, 1.54) is 12.8 Å². The van der Waals surface area contributed by atoms with Crippen LogP contribution < -0.4 is 4.74 Å². The fraction of sp³-hybridized carbons (Fsp3) is 0.706. The Morgan fingerprint density at radius 1 is 1.20 bits per heavy atom. The van der Waals surface area contributed by atoms with Crippen LogP contribution >= 0.6 is 11.6 Å². The van der Waals surface area contributed by atoms with Crippen LogP contribution in [0.3, 0.4) is 0 Å². The molecule has 0 aromatic carbocycles. The summed E-state index contributed by atoms with van der Waals surface area (Å²) in [7, 11) is 0. The number of rotatable bonds is 3. The monoisotopic (exact) mass is 295 g/mol. The molecule has 1 fully saturated rings. The fourth-order valence-electron chi connectivity index (χ4n) is 2.60. The molecule has 0 atom stereocenters. The minimum atomic E-state index is 0.0151. The summed E-state index contributed by atoms with van der Waals surface area (Å²) in [5.74, 6) is 2.08. The maximum atomic E-state index is 6.11. The maximum Gasteiger partial charge on any atom is 0.214 e. The standard InChI is InChI=1S/C17H26ClNO/c1-12-5-7-14(8-6-12)20-16-10-13(11-18)9-15(19-16)17(2,3)4/h9-10,12,14H,5-8,11H2,1-4H3. The van der Waals surface area contributed by atoms with Gasteiger partial charge in [0.05, 0.1) is 5.69 Å². The van der Waals surface area contributed by atoms with Gasteiger partial charge in [-0.2, -0.15) is 0 Å². The SMILES string of the molecule is CC1CCC(Oc2cc(CCl)cc(C(C)(C)C)n2)CC1. The van der Waals surface area contributed by atoms with Crippen molar-refractivity contribution in [3.8, 4) is 5.88 Å². The van der Waals surface area contributed by atoms with Crippen LogP contribution in [0.15, 0.2) is 12.1 Å². The Hall–Kier alpha value is -0.760. The average Bonchev–Trinajstić information content (AvgIpc) is 2.40. The summed E-state index contributed by atoms with van der Waals surface area (Å²) >= 11 is 6.00. The Labute approximate surface area is 127 Å². The second-order valence-corrected chi connectivity index (χ2v) is 7.35. The minimum Gasteiger partial charge on any atom is -0.474 e. The molecule has 0 saturated heterocycles. The van der Waals surface area contributed by atoms with Gasteiger partial charge in [0.25, 0.3) is 0 Å². The summed E-state index contributed by atoms with van der Waals surface area (Å²) in [5.41, 5.74) is 2.15. The molecule has 1 aromatic heterocycles. The fourth-order valence-corrected chi connectivity index (χ4v) is 2.75. The summed E-state index contributed by atoms with van der Waals surface area (Å²) in [5, 5.41) is 0. The van der Waals surface area contributed by atoms with Crippen molar-refractivity contribution >= 4 is 11.6 Å². The normalized spacial score (nSPS) is 23.6. The molecule has 0 aliphatic heterocycles. The Morgan fingerprint density at radius 2 is 1.85 bits per heavy atom. The van der Waals surface area contributed by atoms with Gasteiger partial charge in [-0.3, -0.25) is 0 Å². The van der Waals surface area contributed by atoms with Gasteiger partial charge >= 0.3 is 0 Å². The van der Waals surface area contributed by atoms with Crippen molar-refractivity contribution in [3.63, 3.8) is 0 Å². The van der Waals surface area contributed by atoms with Crippen LogP contribution in [0.1, 0.15) is 64.6 Å². The Morgan fingerprint density at radius 3 is 2.40 bits per heavy atom. The lowest BCUT2D eigenvalue weighted by molar-refractivity contribution is 0.129. The number of nitrogens with zero attached hydrogens (tertiary/aromatic N) is 1. The van der Waals surface area contributed by atoms with Gasteiger partial charge in [-0.05, 0) is 43.2 Å². The van der Waals surface area contributed by atoms with Crippen molar-refractivity contribution in [2.45, 2.75) is 70.8 Å². The van der Waals surface area contributed by atoms with Gasteiger partial charge in [-0.15, -0.1) is 11.6 Å². The number of pyridine rings is 1. The number of aromatic nitrogens is 1.